The van der Waals surface area contributed by atoms with Crippen LogP contribution >= 0.6 is 0 Å². The molecule has 2 heteroatoms. The molecule has 0 atom stereocenters. The Labute approximate surface area is 189 Å². The summed E-state index contributed by atoms with van der Waals surface area (Å²) >= 11 is 0. The molecule has 164 valence electrons. The third-order valence-corrected chi connectivity index (χ3v) is 6.07. The Morgan fingerprint density at radius 2 is 1.13 bits per heavy atom. The fourth-order valence-corrected chi connectivity index (χ4v) is 3.85. The molecule has 0 unspecified atom stereocenters. The summed E-state index contributed by atoms with van der Waals surface area (Å²) in [4.78, 5) is 4.88. The monoisotopic (exact) mass is 414 g/mol. The molecule has 0 N–H and O–H groups in total. The maximum Gasteiger partial charge on any atom is 0.0369 e. The van der Waals surface area contributed by atoms with Gasteiger partial charge in [-0.2, -0.15) is 0 Å². The van der Waals surface area contributed by atoms with Gasteiger partial charge in [0.1, 0.15) is 0 Å². The molecule has 1 aliphatic heterocycles. The second kappa shape index (κ2) is 11.2. The standard InChI is InChI=1S/C15H16.C14H22N2/c1-12(2)14-9-6-10-15(11-14)13-7-4-3-5-8-13;1-12(2)13-5-4-6-14(11-13)16-9-7-15(3)8-10-16/h3-12H,1-2H3;4-6,11-12H,7-10H2,1-3H3. The molecule has 1 saturated heterocycles. The van der Waals surface area contributed by atoms with Gasteiger partial charge in [0.25, 0.3) is 0 Å². The van der Waals surface area contributed by atoms with Crippen LogP contribution in [0.2, 0.25) is 0 Å². The van der Waals surface area contributed by atoms with Gasteiger partial charge >= 0.3 is 0 Å². The SMILES string of the molecule is CC(C)c1cccc(-c2ccccc2)c1.CC(C)c1cccc(N2CCN(C)CC2)c1. The first-order chi connectivity index (χ1) is 14.9. The van der Waals surface area contributed by atoms with Crippen LogP contribution in [0.3, 0.4) is 0 Å². The first-order valence-electron chi connectivity index (χ1n) is 11.6. The fourth-order valence-electron chi connectivity index (χ4n) is 3.85. The average molecular weight is 415 g/mol. The maximum absolute atomic E-state index is 2.49. The summed E-state index contributed by atoms with van der Waals surface area (Å²) in [6.07, 6.45) is 0. The van der Waals surface area contributed by atoms with E-state index in [0.717, 1.165) is 13.1 Å². The average Bonchev–Trinajstić information content (AvgIpc) is 2.81. The van der Waals surface area contributed by atoms with E-state index in [0.29, 0.717) is 11.8 Å². The summed E-state index contributed by atoms with van der Waals surface area (Å²) < 4.78 is 0. The van der Waals surface area contributed by atoms with E-state index in [4.69, 9.17) is 0 Å². The zero-order valence-corrected chi connectivity index (χ0v) is 19.9. The highest BCUT2D eigenvalue weighted by Crippen LogP contribution is 2.24. The molecular weight excluding hydrogens is 376 g/mol. The van der Waals surface area contributed by atoms with E-state index in [1.165, 1.54) is 41.0 Å². The molecule has 0 amide bonds. The van der Waals surface area contributed by atoms with Crippen molar-refractivity contribution in [3.63, 3.8) is 0 Å². The molecule has 0 radical (unpaired) electrons. The first-order valence-corrected chi connectivity index (χ1v) is 11.6. The minimum absolute atomic E-state index is 0.591. The first kappa shape index (κ1) is 23.1. The lowest BCUT2D eigenvalue weighted by molar-refractivity contribution is 0.313. The zero-order chi connectivity index (χ0) is 22.2. The van der Waals surface area contributed by atoms with Gasteiger partial charge in [-0.3, -0.25) is 0 Å². The Hall–Kier alpha value is -2.58. The Kier molecular flexibility index (Phi) is 8.31. The van der Waals surface area contributed by atoms with E-state index in [1.54, 1.807) is 0 Å². The van der Waals surface area contributed by atoms with Gasteiger partial charge in [-0.25, -0.2) is 0 Å². The van der Waals surface area contributed by atoms with Crippen molar-refractivity contribution >= 4 is 5.69 Å². The Balaban J connectivity index is 0.000000176. The Bertz CT molecular complexity index is 922. The largest absolute Gasteiger partial charge is 0.369 e. The molecule has 0 spiro atoms. The summed E-state index contributed by atoms with van der Waals surface area (Å²) in [5, 5.41) is 0. The van der Waals surface area contributed by atoms with Gasteiger partial charge in [-0.15, -0.1) is 0 Å². The van der Waals surface area contributed by atoms with Crippen LogP contribution in [0.4, 0.5) is 5.69 Å². The maximum atomic E-state index is 2.49. The summed E-state index contributed by atoms with van der Waals surface area (Å²) in [5.74, 6) is 1.21. The van der Waals surface area contributed by atoms with Gasteiger partial charge in [0.2, 0.25) is 0 Å². The van der Waals surface area contributed by atoms with Crippen molar-refractivity contribution in [2.24, 2.45) is 0 Å². The van der Waals surface area contributed by atoms with Crippen LogP contribution in [0.15, 0.2) is 78.9 Å². The highest BCUT2D eigenvalue weighted by atomic mass is 15.2. The normalized spacial score (nSPS) is 14.5. The minimum Gasteiger partial charge on any atom is -0.369 e. The fraction of sp³-hybridized carbons (Fsp3) is 0.379. The molecule has 3 aromatic carbocycles. The molecular formula is C29H38N2. The van der Waals surface area contributed by atoms with E-state index in [1.807, 2.05) is 0 Å². The predicted molar refractivity (Wildman–Crippen MR) is 136 cm³/mol. The van der Waals surface area contributed by atoms with Crippen LogP contribution in [0, 0.1) is 0 Å². The van der Waals surface area contributed by atoms with E-state index in [2.05, 4.69) is 123 Å². The van der Waals surface area contributed by atoms with Crippen molar-refractivity contribution in [2.75, 3.05) is 38.1 Å². The van der Waals surface area contributed by atoms with Crippen molar-refractivity contribution in [1.29, 1.82) is 0 Å². The highest BCUT2D eigenvalue weighted by molar-refractivity contribution is 5.64. The van der Waals surface area contributed by atoms with Crippen molar-refractivity contribution in [3.8, 4) is 11.1 Å². The quantitative estimate of drug-likeness (QED) is 0.452. The molecule has 1 fully saturated rings. The third-order valence-electron chi connectivity index (χ3n) is 6.07. The molecule has 4 rings (SSSR count). The molecule has 0 bridgehead atoms. The van der Waals surface area contributed by atoms with Crippen molar-refractivity contribution in [3.05, 3.63) is 90.0 Å². The number of nitrogens with zero attached hydrogens (tertiary/aromatic N) is 2. The smallest absolute Gasteiger partial charge is 0.0369 e. The molecule has 0 saturated carbocycles. The summed E-state index contributed by atoms with van der Waals surface area (Å²) in [6.45, 7) is 13.6. The van der Waals surface area contributed by atoms with E-state index < -0.39 is 0 Å². The van der Waals surface area contributed by atoms with Crippen LogP contribution < -0.4 is 4.90 Å². The van der Waals surface area contributed by atoms with Crippen LogP contribution in [-0.2, 0) is 0 Å². The highest BCUT2D eigenvalue weighted by Gasteiger charge is 2.14. The van der Waals surface area contributed by atoms with Gasteiger partial charge in [-0.05, 0) is 53.3 Å². The third kappa shape index (κ3) is 6.70. The van der Waals surface area contributed by atoms with E-state index in [9.17, 15) is 0 Å². The molecule has 0 aliphatic carbocycles. The number of hydrogen-bond acceptors (Lipinski definition) is 2. The molecule has 1 aliphatic rings. The second-order valence-electron chi connectivity index (χ2n) is 9.19. The van der Waals surface area contributed by atoms with Gasteiger partial charge in [0.15, 0.2) is 0 Å². The van der Waals surface area contributed by atoms with Crippen LogP contribution in [0.1, 0.15) is 50.7 Å². The summed E-state index contributed by atoms with van der Waals surface area (Å²) in [6, 6.07) is 28.3. The molecule has 0 aromatic heterocycles. The molecule has 3 aromatic rings. The lowest BCUT2D eigenvalue weighted by Crippen LogP contribution is -2.44. The van der Waals surface area contributed by atoms with Gasteiger partial charge in [-0.1, -0.05) is 94.4 Å². The topological polar surface area (TPSA) is 6.48 Å². The number of likely N-dealkylation sites (N-methyl/N-ethyl adjacent to an activating group) is 1. The van der Waals surface area contributed by atoms with Gasteiger partial charge in [0.05, 0.1) is 0 Å². The molecule has 31 heavy (non-hydrogen) atoms. The minimum atomic E-state index is 0.591. The number of anilines is 1. The summed E-state index contributed by atoms with van der Waals surface area (Å²) in [5.41, 5.74) is 6.83. The lowest BCUT2D eigenvalue weighted by atomic mass is 9.98. The molecule has 1 heterocycles. The number of benzene rings is 3. The van der Waals surface area contributed by atoms with Crippen molar-refractivity contribution < 1.29 is 0 Å². The van der Waals surface area contributed by atoms with Crippen LogP contribution in [0.5, 0.6) is 0 Å². The second-order valence-corrected chi connectivity index (χ2v) is 9.19. The van der Waals surface area contributed by atoms with Gasteiger partial charge in [0, 0.05) is 31.9 Å². The van der Waals surface area contributed by atoms with Gasteiger partial charge < -0.3 is 9.80 Å². The van der Waals surface area contributed by atoms with Crippen LogP contribution in [0.25, 0.3) is 11.1 Å². The Morgan fingerprint density at radius 3 is 1.74 bits per heavy atom. The molecule has 2 nitrogen and oxygen atoms in total. The van der Waals surface area contributed by atoms with E-state index >= 15 is 0 Å². The zero-order valence-electron chi connectivity index (χ0n) is 19.9. The predicted octanol–water partition coefficient (Wildman–Crippen LogP) is 7.04. The van der Waals surface area contributed by atoms with Crippen molar-refractivity contribution in [2.45, 2.75) is 39.5 Å². The van der Waals surface area contributed by atoms with Crippen molar-refractivity contribution in [1.82, 2.24) is 4.90 Å². The summed E-state index contributed by atoms with van der Waals surface area (Å²) in [7, 11) is 2.20. The lowest BCUT2D eigenvalue weighted by Gasteiger charge is -2.34. The van der Waals surface area contributed by atoms with E-state index in [-0.39, 0.29) is 0 Å². The number of rotatable bonds is 4. The Morgan fingerprint density at radius 1 is 0.581 bits per heavy atom. The number of hydrogen-bond donors (Lipinski definition) is 0. The van der Waals surface area contributed by atoms with Crippen LogP contribution in [-0.4, -0.2) is 38.1 Å². The number of piperazine rings is 1.